The first-order valence-electron chi connectivity index (χ1n) is 8.71. The molecule has 1 amide bonds. The molecule has 142 valence electrons. The van der Waals surface area contributed by atoms with Gasteiger partial charge in [-0.15, -0.1) is 11.3 Å². The van der Waals surface area contributed by atoms with Crippen molar-refractivity contribution >= 4 is 29.5 Å². The first kappa shape index (κ1) is 18.3. The van der Waals surface area contributed by atoms with Gasteiger partial charge in [0.1, 0.15) is 6.04 Å². The van der Waals surface area contributed by atoms with E-state index in [4.69, 9.17) is 12.2 Å². The Balaban J connectivity index is 1.46. The number of thiophene rings is 1. The predicted molar refractivity (Wildman–Crippen MR) is 111 cm³/mol. The number of H-pyrrole nitrogens is 1. The lowest BCUT2D eigenvalue weighted by Gasteiger charge is -2.14. The quantitative estimate of drug-likeness (QED) is 0.475. The third-order valence-corrected chi connectivity index (χ3v) is 5.49. The number of aromatic nitrogens is 5. The first-order valence-corrected chi connectivity index (χ1v) is 10.00. The highest BCUT2D eigenvalue weighted by atomic mass is 32.1. The molecule has 0 aliphatic carbocycles. The molecule has 0 aliphatic rings. The number of amides is 1. The number of hydrogen-bond donors (Lipinski definition) is 2. The van der Waals surface area contributed by atoms with Gasteiger partial charge in [-0.05, 0) is 42.7 Å². The lowest BCUT2D eigenvalue weighted by atomic mass is 10.2. The molecule has 4 rings (SSSR count). The summed E-state index contributed by atoms with van der Waals surface area (Å²) in [5.74, 6) is 0.530. The largest absolute Gasteiger partial charge is 0.350 e. The van der Waals surface area contributed by atoms with Crippen LogP contribution < -0.4 is 5.32 Å². The minimum Gasteiger partial charge on any atom is -0.350 e. The lowest BCUT2D eigenvalue weighted by molar-refractivity contribution is -0.124. The molecule has 28 heavy (non-hydrogen) atoms. The molecule has 7 nitrogen and oxygen atoms in total. The van der Waals surface area contributed by atoms with E-state index in [2.05, 4.69) is 20.6 Å². The van der Waals surface area contributed by atoms with Crippen molar-refractivity contribution in [1.29, 1.82) is 0 Å². The Morgan fingerprint density at radius 2 is 2.11 bits per heavy atom. The van der Waals surface area contributed by atoms with Crippen molar-refractivity contribution in [3.05, 3.63) is 70.6 Å². The lowest BCUT2D eigenvalue weighted by Crippen LogP contribution is -2.31. The maximum Gasteiger partial charge on any atom is 0.243 e. The van der Waals surface area contributed by atoms with Crippen LogP contribution in [0.4, 0.5) is 0 Å². The van der Waals surface area contributed by atoms with E-state index in [0.29, 0.717) is 17.1 Å². The highest BCUT2D eigenvalue weighted by Gasteiger charge is 2.21. The van der Waals surface area contributed by atoms with Gasteiger partial charge in [0.15, 0.2) is 10.6 Å². The Bertz CT molecular complexity index is 1130. The molecule has 3 aromatic heterocycles. The molecule has 3 heterocycles. The van der Waals surface area contributed by atoms with Crippen LogP contribution in [0, 0.1) is 4.77 Å². The summed E-state index contributed by atoms with van der Waals surface area (Å²) in [5, 5.41) is 16.3. The number of carbonyl (C=O) groups excluding carboxylic acids is 1. The van der Waals surface area contributed by atoms with E-state index >= 15 is 0 Å². The van der Waals surface area contributed by atoms with E-state index in [0.717, 1.165) is 16.1 Å². The Kier molecular flexibility index (Phi) is 5.18. The molecule has 0 saturated heterocycles. The highest BCUT2D eigenvalue weighted by Crippen LogP contribution is 2.25. The van der Waals surface area contributed by atoms with Crippen molar-refractivity contribution in [1.82, 2.24) is 29.9 Å². The van der Waals surface area contributed by atoms with Crippen LogP contribution in [0.3, 0.4) is 0 Å². The normalized spacial score (nSPS) is 12.0. The maximum absolute atomic E-state index is 12.7. The number of para-hydroxylation sites is 1. The molecule has 0 aliphatic heterocycles. The van der Waals surface area contributed by atoms with Gasteiger partial charge < -0.3 is 5.32 Å². The Hall–Kier alpha value is -3.04. The van der Waals surface area contributed by atoms with Gasteiger partial charge in [0.05, 0.1) is 16.8 Å². The fourth-order valence-electron chi connectivity index (χ4n) is 2.87. The van der Waals surface area contributed by atoms with Crippen LogP contribution in [0.25, 0.3) is 16.4 Å². The van der Waals surface area contributed by atoms with Crippen molar-refractivity contribution in [2.24, 2.45) is 0 Å². The molecule has 1 unspecified atom stereocenters. The van der Waals surface area contributed by atoms with Crippen LogP contribution in [0.2, 0.25) is 0 Å². The average Bonchev–Trinajstić information content (AvgIpc) is 3.47. The fourth-order valence-corrected chi connectivity index (χ4v) is 3.87. The van der Waals surface area contributed by atoms with Crippen LogP contribution >= 0.6 is 23.6 Å². The zero-order valence-corrected chi connectivity index (χ0v) is 16.7. The number of carbonyl (C=O) groups is 1. The Morgan fingerprint density at radius 1 is 1.29 bits per heavy atom. The third-order valence-electron chi connectivity index (χ3n) is 4.34. The highest BCUT2D eigenvalue weighted by molar-refractivity contribution is 7.71. The molecule has 1 atom stereocenters. The predicted octanol–water partition coefficient (Wildman–Crippen LogP) is 3.73. The van der Waals surface area contributed by atoms with Gasteiger partial charge in [-0.2, -0.15) is 10.2 Å². The molecular weight excluding hydrogens is 392 g/mol. The molecule has 2 N–H and O–H groups in total. The Labute approximate surface area is 170 Å². The standard InChI is InChI=1S/C19H18N6OS2/c1-13(25-17(22-23-19(25)27)16-8-5-9-28-16)18(26)20-10-14-11-21-24(12-14)15-6-3-2-4-7-15/h2-9,11-13H,10H2,1H3,(H,20,26)(H,23,27). The summed E-state index contributed by atoms with van der Waals surface area (Å²) in [7, 11) is 0. The second-order valence-electron chi connectivity index (χ2n) is 6.22. The minimum absolute atomic E-state index is 0.136. The van der Waals surface area contributed by atoms with Gasteiger partial charge in [-0.3, -0.25) is 14.5 Å². The molecular formula is C19H18N6OS2. The van der Waals surface area contributed by atoms with Crippen LogP contribution in [-0.4, -0.2) is 30.5 Å². The number of nitrogens with one attached hydrogen (secondary N) is 2. The SMILES string of the molecule is CC(C(=O)NCc1cnn(-c2ccccc2)c1)n1c(-c2cccs2)n[nH]c1=S. The van der Waals surface area contributed by atoms with E-state index in [1.165, 1.54) is 0 Å². The molecule has 0 fully saturated rings. The van der Waals surface area contributed by atoms with Crippen LogP contribution in [0.5, 0.6) is 0 Å². The van der Waals surface area contributed by atoms with Gasteiger partial charge in [0.25, 0.3) is 0 Å². The molecule has 1 aromatic carbocycles. The Morgan fingerprint density at radius 3 is 2.86 bits per heavy atom. The zero-order valence-electron chi connectivity index (χ0n) is 15.1. The zero-order chi connectivity index (χ0) is 19.5. The molecule has 0 bridgehead atoms. The summed E-state index contributed by atoms with van der Waals surface area (Å²) in [6.45, 7) is 2.20. The molecule has 9 heteroatoms. The summed E-state index contributed by atoms with van der Waals surface area (Å²) in [6.07, 6.45) is 3.65. The van der Waals surface area contributed by atoms with Crippen molar-refractivity contribution in [2.75, 3.05) is 0 Å². The first-order chi connectivity index (χ1) is 13.6. The van der Waals surface area contributed by atoms with Gasteiger partial charge in [-0.25, -0.2) is 4.68 Å². The van der Waals surface area contributed by atoms with E-state index in [-0.39, 0.29) is 5.91 Å². The summed E-state index contributed by atoms with van der Waals surface area (Å²) < 4.78 is 3.94. The number of benzene rings is 1. The van der Waals surface area contributed by atoms with E-state index in [1.54, 1.807) is 26.8 Å². The summed E-state index contributed by atoms with van der Waals surface area (Å²) in [6, 6.07) is 13.2. The van der Waals surface area contributed by atoms with Crippen molar-refractivity contribution in [3.63, 3.8) is 0 Å². The summed E-state index contributed by atoms with van der Waals surface area (Å²) in [4.78, 5) is 13.7. The van der Waals surface area contributed by atoms with E-state index in [1.807, 2.05) is 61.0 Å². The number of aromatic amines is 1. The monoisotopic (exact) mass is 410 g/mol. The van der Waals surface area contributed by atoms with Crippen LogP contribution in [-0.2, 0) is 11.3 Å². The second-order valence-corrected chi connectivity index (χ2v) is 7.56. The molecule has 4 aromatic rings. The fraction of sp³-hybridized carbons (Fsp3) is 0.158. The molecule has 0 saturated carbocycles. The maximum atomic E-state index is 12.7. The number of rotatable bonds is 6. The van der Waals surface area contributed by atoms with Crippen LogP contribution in [0.1, 0.15) is 18.5 Å². The van der Waals surface area contributed by atoms with Gasteiger partial charge in [-0.1, -0.05) is 24.3 Å². The van der Waals surface area contributed by atoms with E-state index < -0.39 is 6.04 Å². The smallest absolute Gasteiger partial charge is 0.243 e. The minimum atomic E-state index is -0.493. The second kappa shape index (κ2) is 7.91. The molecule has 0 radical (unpaired) electrons. The third kappa shape index (κ3) is 3.67. The summed E-state index contributed by atoms with van der Waals surface area (Å²) >= 11 is 6.88. The average molecular weight is 411 g/mol. The van der Waals surface area contributed by atoms with E-state index in [9.17, 15) is 4.79 Å². The number of hydrogen-bond acceptors (Lipinski definition) is 5. The number of nitrogens with zero attached hydrogens (tertiary/aromatic N) is 4. The van der Waals surface area contributed by atoms with Crippen LogP contribution in [0.15, 0.2) is 60.2 Å². The van der Waals surface area contributed by atoms with Gasteiger partial charge in [0, 0.05) is 18.3 Å². The van der Waals surface area contributed by atoms with Gasteiger partial charge >= 0.3 is 0 Å². The van der Waals surface area contributed by atoms with Crippen molar-refractivity contribution in [2.45, 2.75) is 19.5 Å². The van der Waals surface area contributed by atoms with Crippen molar-refractivity contribution < 1.29 is 4.79 Å². The summed E-state index contributed by atoms with van der Waals surface area (Å²) in [5.41, 5.74) is 1.89. The topological polar surface area (TPSA) is 80.5 Å². The van der Waals surface area contributed by atoms with Crippen molar-refractivity contribution in [3.8, 4) is 16.4 Å². The molecule has 0 spiro atoms. The van der Waals surface area contributed by atoms with Gasteiger partial charge in [0.2, 0.25) is 5.91 Å².